The van der Waals surface area contributed by atoms with Crippen molar-refractivity contribution in [3.8, 4) is 0 Å². The van der Waals surface area contributed by atoms with Crippen LogP contribution in [0.15, 0.2) is 18.2 Å². The molecule has 3 atom stereocenters. The summed E-state index contributed by atoms with van der Waals surface area (Å²) < 4.78 is 0. The van der Waals surface area contributed by atoms with Gasteiger partial charge in [0.1, 0.15) is 11.7 Å². The Morgan fingerprint density at radius 3 is 2.23 bits per heavy atom. The van der Waals surface area contributed by atoms with Crippen LogP contribution < -0.4 is 21.3 Å². The monoisotopic (exact) mass is 645 g/mol. The molecule has 44 heavy (non-hydrogen) atoms. The van der Waals surface area contributed by atoms with Crippen molar-refractivity contribution >= 4 is 63.5 Å². The molecule has 2 heterocycles. The maximum atomic E-state index is 13.9. The zero-order valence-electron chi connectivity index (χ0n) is 24.8. The highest BCUT2D eigenvalue weighted by Crippen LogP contribution is 2.30. The number of hydrogen-bond donors (Lipinski definition) is 5. The average Bonchev–Trinajstić information content (AvgIpc) is 3.63. The largest absolute Gasteiger partial charge is 0.356 e. The second-order valence-electron chi connectivity index (χ2n) is 12.5. The summed E-state index contributed by atoms with van der Waals surface area (Å²) in [6, 6.07) is 2.64. The van der Waals surface area contributed by atoms with E-state index in [1.807, 2.05) is 0 Å². The van der Waals surface area contributed by atoms with Gasteiger partial charge < -0.3 is 26.3 Å². The number of Topliss-reactive ketones (excluding diaryl/α,β-unsaturated/α-hetero) is 1. The molecule has 0 spiro atoms. The van der Waals surface area contributed by atoms with Gasteiger partial charge in [-0.15, -0.1) is 0 Å². The molecule has 4 amide bonds. The van der Waals surface area contributed by atoms with Crippen LogP contribution in [0, 0.1) is 11.8 Å². The van der Waals surface area contributed by atoms with Crippen LogP contribution in [0.4, 0.5) is 0 Å². The van der Waals surface area contributed by atoms with Crippen molar-refractivity contribution in [3.05, 3.63) is 33.9 Å². The Hall–Kier alpha value is -3.11. The van der Waals surface area contributed by atoms with E-state index in [9.17, 15) is 24.0 Å². The van der Waals surface area contributed by atoms with E-state index in [2.05, 4.69) is 26.3 Å². The van der Waals surface area contributed by atoms with E-state index in [0.29, 0.717) is 40.3 Å². The minimum atomic E-state index is -1.19. The number of hydrogen-bond acceptors (Lipinski definition) is 5. The SMILES string of the molecule is O=C(NC1CCCCC1)C(=O)[C@H](C[C@@H]1CCNC1=O)NC(=O)[C@H](CC1CCCCC1)NC(=O)c1cc2c(Cl)cc(Cl)cc2[nH]1. The first-order valence-electron chi connectivity index (χ1n) is 15.9. The summed E-state index contributed by atoms with van der Waals surface area (Å²) in [4.78, 5) is 69.3. The first-order chi connectivity index (χ1) is 21.2. The van der Waals surface area contributed by atoms with Gasteiger partial charge in [0.25, 0.3) is 11.8 Å². The molecule has 1 aromatic heterocycles. The van der Waals surface area contributed by atoms with E-state index in [-0.39, 0.29) is 30.0 Å². The van der Waals surface area contributed by atoms with E-state index in [1.165, 1.54) is 0 Å². The van der Waals surface area contributed by atoms with Crippen molar-refractivity contribution in [1.82, 2.24) is 26.3 Å². The maximum absolute atomic E-state index is 13.9. The van der Waals surface area contributed by atoms with Crippen molar-refractivity contribution in [3.63, 3.8) is 0 Å². The number of nitrogens with one attached hydrogen (secondary N) is 5. The van der Waals surface area contributed by atoms with Crippen LogP contribution >= 0.6 is 23.2 Å². The van der Waals surface area contributed by atoms with Gasteiger partial charge in [-0.25, -0.2) is 0 Å². The Bertz CT molecular complexity index is 1400. The molecule has 1 saturated heterocycles. The molecule has 2 aliphatic carbocycles. The third kappa shape index (κ3) is 8.13. The lowest BCUT2D eigenvalue weighted by Gasteiger charge is -2.28. The zero-order valence-corrected chi connectivity index (χ0v) is 26.3. The molecule has 3 aliphatic rings. The van der Waals surface area contributed by atoms with Gasteiger partial charge in [-0.1, -0.05) is 74.6 Å². The summed E-state index contributed by atoms with van der Waals surface area (Å²) in [6.45, 7) is 0.479. The lowest BCUT2D eigenvalue weighted by molar-refractivity contribution is -0.141. The Morgan fingerprint density at radius 1 is 0.841 bits per heavy atom. The molecule has 3 fully saturated rings. The van der Waals surface area contributed by atoms with Crippen molar-refractivity contribution in [2.45, 2.75) is 102 Å². The molecule has 12 heteroatoms. The summed E-state index contributed by atoms with van der Waals surface area (Å²) in [5.74, 6) is -3.05. The molecule has 0 bridgehead atoms. The molecule has 5 N–H and O–H groups in total. The van der Waals surface area contributed by atoms with Gasteiger partial charge in [-0.2, -0.15) is 0 Å². The van der Waals surface area contributed by atoms with Crippen LogP contribution in [0.3, 0.4) is 0 Å². The fraction of sp³-hybridized carbons (Fsp3) is 0.594. The predicted octanol–water partition coefficient (Wildman–Crippen LogP) is 4.57. The van der Waals surface area contributed by atoms with Crippen molar-refractivity contribution in [2.75, 3.05) is 6.54 Å². The average molecular weight is 647 g/mol. The van der Waals surface area contributed by atoms with Crippen LogP contribution in [0.25, 0.3) is 10.9 Å². The van der Waals surface area contributed by atoms with Gasteiger partial charge >= 0.3 is 0 Å². The Balaban J connectivity index is 1.34. The van der Waals surface area contributed by atoms with Crippen LogP contribution in [0.1, 0.15) is 94.0 Å². The fourth-order valence-corrected chi connectivity index (χ4v) is 7.37. The lowest BCUT2D eigenvalue weighted by Crippen LogP contribution is -2.55. The van der Waals surface area contributed by atoms with Gasteiger partial charge in [0.05, 0.1) is 11.1 Å². The molecule has 1 aliphatic heterocycles. The summed E-state index contributed by atoms with van der Waals surface area (Å²) in [5.41, 5.74) is 0.804. The Labute approximate surface area is 267 Å². The molecule has 2 aromatic rings. The van der Waals surface area contributed by atoms with Crippen molar-refractivity contribution in [2.24, 2.45) is 11.8 Å². The van der Waals surface area contributed by atoms with Gasteiger partial charge in [-0.05, 0) is 56.2 Å². The van der Waals surface area contributed by atoms with Gasteiger partial charge in [-0.3, -0.25) is 24.0 Å². The van der Waals surface area contributed by atoms with E-state index in [1.54, 1.807) is 18.2 Å². The second kappa shape index (κ2) is 14.8. The number of ketones is 1. The molecule has 10 nitrogen and oxygen atoms in total. The number of aromatic amines is 1. The first-order valence-corrected chi connectivity index (χ1v) is 16.6. The topological polar surface area (TPSA) is 149 Å². The van der Waals surface area contributed by atoms with E-state index >= 15 is 0 Å². The molecule has 5 rings (SSSR count). The molecular formula is C32H41Cl2N5O5. The number of fused-ring (bicyclic) bond motifs is 1. The third-order valence-electron chi connectivity index (χ3n) is 9.29. The van der Waals surface area contributed by atoms with Crippen molar-refractivity contribution in [1.29, 1.82) is 0 Å². The normalized spacial score (nSPS) is 21.0. The summed E-state index contributed by atoms with van der Waals surface area (Å²) in [6.07, 6.45) is 10.7. The Morgan fingerprint density at radius 2 is 1.55 bits per heavy atom. The van der Waals surface area contributed by atoms with Crippen LogP contribution in [-0.4, -0.2) is 59.1 Å². The fourth-order valence-electron chi connectivity index (χ4n) is 6.83. The highest BCUT2D eigenvalue weighted by molar-refractivity contribution is 6.39. The highest BCUT2D eigenvalue weighted by Gasteiger charge is 2.37. The number of carbonyl (C=O) groups is 5. The standard InChI is InChI=1S/C32H41Cl2N5O5/c33-20-15-23(34)22-17-27(37-24(22)16-20)31(43)39-26(13-18-7-3-1-4-8-18)30(42)38-25(14-19-11-12-35-29(19)41)28(40)32(44)36-21-9-5-2-6-10-21/h15-19,21,25-26,37H,1-14H2,(H,35,41)(H,36,44)(H,38,42)(H,39,43)/t19-,25-,26-/m0/s1. The molecule has 0 unspecified atom stereocenters. The van der Waals surface area contributed by atoms with Gasteiger partial charge in [0.15, 0.2) is 0 Å². The van der Waals surface area contributed by atoms with Crippen LogP contribution in [-0.2, 0) is 19.2 Å². The zero-order chi connectivity index (χ0) is 31.2. The Kier molecular flexibility index (Phi) is 10.8. The second-order valence-corrected chi connectivity index (χ2v) is 13.4. The maximum Gasteiger partial charge on any atom is 0.289 e. The number of H-pyrrole nitrogens is 1. The predicted molar refractivity (Wildman–Crippen MR) is 168 cm³/mol. The number of amides is 4. The van der Waals surface area contributed by atoms with Crippen LogP contribution in [0.2, 0.25) is 10.0 Å². The van der Waals surface area contributed by atoms with Crippen LogP contribution in [0.5, 0.6) is 0 Å². The highest BCUT2D eigenvalue weighted by atomic mass is 35.5. The third-order valence-corrected chi connectivity index (χ3v) is 9.82. The number of rotatable bonds is 11. The van der Waals surface area contributed by atoms with Gasteiger partial charge in [0, 0.05) is 34.4 Å². The van der Waals surface area contributed by atoms with Crippen molar-refractivity contribution < 1.29 is 24.0 Å². The molecule has 1 aromatic carbocycles. The summed E-state index contributed by atoms with van der Waals surface area (Å²) in [7, 11) is 0. The van der Waals surface area contributed by atoms with E-state index in [4.69, 9.17) is 23.2 Å². The molecule has 238 valence electrons. The van der Waals surface area contributed by atoms with E-state index in [0.717, 1.165) is 64.2 Å². The summed E-state index contributed by atoms with van der Waals surface area (Å²) in [5, 5.41) is 12.7. The minimum absolute atomic E-state index is 0.0138. The van der Waals surface area contributed by atoms with Gasteiger partial charge in [0.2, 0.25) is 17.6 Å². The molecule has 2 saturated carbocycles. The summed E-state index contributed by atoms with van der Waals surface area (Å²) >= 11 is 12.5. The first kappa shape index (κ1) is 32.3. The number of halogens is 2. The lowest BCUT2D eigenvalue weighted by atomic mass is 9.84. The smallest absolute Gasteiger partial charge is 0.289 e. The molecular weight excluding hydrogens is 605 g/mol. The number of aromatic nitrogens is 1. The molecule has 0 radical (unpaired) electrons. The van der Waals surface area contributed by atoms with E-state index < -0.39 is 41.5 Å². The number of benzene rings is 1. The minimum Gasteiger partial charge on any atom is -0.356 e. The quantitative estimate of drug-likeness (QED) is 0.227. The number of carbonyl (C=O) groups excluding carboxylic acids is 5.